The van der Waals surface area contributed by atoms with Crippen LogP contribution < -0.4 is 5.32 Å². The highest BCUT2D eigenvalue weighted by Gasteiger charge is 2.44. The van der Waals surface area contributed by atoms with E-state index in [4.69, 9.17) is 4.74 Å². The van der Waals surface area contributed by atoms with Gasteiger partial charge in [0.2, 0.25) is 0 Å². The monoisotopic (exact) mass is 292 g/mol. The van der Waals surface area contributed by atoms with E-state index in [2.05, 4.69) is 10.2 Å². The van der Waals surface area contributed by atoms with Crippen molar-refractivity contribution in [1.29, 1.82) is 0 Å². The molecule has 120 valence electrons. The van der Waals surface area contributed by atoms with Crippen LogP contribution in [0.2, 0.25) is 0 Å². The first kappa shape index (κ1) is 14.5. The topological polar surface area (TPSA) is 24.5 Å². The van der Waals surface area contributed by atoms with Crippen molar-refractivity contribution in [3.05, 3.63) is 0 Å². The highest BCUT2D eigenvalue weighted by molar-refractivity contribution is 4.98. The average Bonchev–Trinajstić information content (AvgIpc) is 3.28. The summed E-state index contributed by atoms with van der Waals surface area (Å²) in [5, 5.41) is 3.76. The van der Waals surface area contributed by atoms with Gasteiger partial charge in [0.05, 0.1) is 5.60 Å². The van der Waals surface area contributed by atoms with Crippen molar-refractivity contribution in [3.63, 3.8) is 0 Å². The second-order valence-corrected chi connectivity index (χ2v) is 7.96. The predicted molar refractivity (Wildman–Crippen MR) is 85.5 cm³/mol. The molecular weight excluding hydrogens is 260 g/mol. The largest absolute Gasteiger partial charge is 0.375 e. The molecule has 0 bridgehead atoms. The third-order valence-corrected chi connectivity index (χ3v) is 6.31. The third kappa shape index (κ3) is 3.30. The summed E-state index contributed by atoms with van der Waals surface area (Å²) in [6, 6.07) is 2.45. The van der Waals surface area contributed by atoms with Crippen molar-refractivity contribution >= 4 is 0 Å². The fourth-order valence-electron chi connectivity index (χ4n) is 4.99. The SMILES string of the molecule is C1CCC(CN(C2CC2)C2CCOC3(CCCC3)C2)NC1. The Balaban J connectivity index is 1.40. The van der Waals surface area contributed by atoms with Crippen molar-refractivity contribution in [2.75, 3.05) is 19.7 Å². The van der Waals surface area contributed by atoms with Gasteiger partial charge in [-0.1, -0.05) is 19.3 Å². The third-order valence-electron chi connectivity index (χ3n) is 6.31. The lowest BCUT2D eigenvalue weighted by Crippen LogP contribution is -2.52. The van der Waals surface area contributed by atoms with Gasteiger partial charge in [0.25, 0.3) is 0 Å². The molecule has 4 aliphatic rings. The van der Waals surface area contributed by atoms with Crippen LogP contribution in [0, 0.1) is 0 Å². The van der Waals surface area contributed by atoms with Gasteiger partial charge >= 0.3 is 0 Å². The van der Waals surface area contributed by atoms with Gasteiger partial charge < -0.3 is 10.1 Å². The van der Waals surface area contributed by atoms with Gasteiger partial charge in [0, 0.05) is 31.3 Å². The van der Waals surface area contributed by atoms with Crippen LogP contribution in [-0.2, 0) is 4.74 Å². The zero-order chi connectivity index (χ0) is 14.1. The van der Waals surface area contributed by atoms with E-state index in [1.807, 2.05) is 0 Å². The number of hydrogen-bond acceptors (Lipinski definition) is 3. The molecule has 4 fully saturated rings. The first-order valence-electron chi connectivity index (χ1n) is 9.48. The fraction of sp³-hybridized carbons (Fsp3) is 1.00. The molecule has 1 N–H and O–H groups in total. The van der Waals surface area contributed by atoms with E-state index in [0.29, 0.717) is 0 Å². The van der Waals surface area contributed by atoms with Crippen molar-refractivity contribution in [1.82, 2.24) is 10.2 Å². The Morgan fingerprint density at radius 1 is 0.952 bits per heavy atom. The lowest BCUT2D eigenvalue weighted by molar-refractivity contribution is -0.104. The molecule has 2 atom stereocenters. The minimum absolute atomic E-state index is 0.274. The lowest BCUT2D eigenvalue weighted by atomic mass is 9.87. The Labute approximate surface area is 129 Å². The van der Waals surface area contributed by atoms with E-state index in [1.54, 1.807) is 0 Å². The quantitative estimate of drug-likeness (QED) is 0.862. The molecule has 3 nitrogen and oxygen atoms in total. The normalized spacial score (nSPS) is 36.4. The van der Waals surface area contributed by atoms with Gasteiger partial charge in [-0.3, -0.25) is 4.90 Å². The fourth-order valence-corrected chi connectivity index (χ4v) is 4.99. The predicted octanol–water partition coefficient (Wildman–Crippen LogP) is 3.08. The first-order chi connectivity index (χ1) is 10.3. The second kappa shape index (κ2) is 6.17. The van der Waals surface area contributed by atoms with Crippen molar-refractivity contribution < 1.29 is 4.74 Å². The van der Waals surface area contributed by atoms with Crippen molar-refractivity contribution in [2.24, 2.45) is 0 Å². The van der Waals surface area contributed by atoms with E-state index < -0.39 is 0 Å². The number of hydrogen-bond donors (Lipinski definition) is 1. The highest BCUT2D eigenvalue weighted by atomic mass is 16.5. The molecule has 2 saturated heterocycles. The van der Waals surface area contributed by atoms with Crippen LogP contribution >= 0.6 is 0 Å². The molecule has 0 aromatic heterocycles. The molecule has 0 radical (unpaired) electrons. The van der Waals surface area contributed by atoms with Gasteiger partial charge in [-0.05, 0) is 57.9 Å². The molecule has 2 aliphatic heterocycles. The molecule has 0 aromatic rings. The molecule has 0 aromatic carbocycles. The van der Waals surface area contributed by atoms with Crippen LogP contribution in [0.5, 0.6) is 0 Å². The molecule has 1 spiro atoms. The number of piperidine rings is 1. The molecule has 21 heavy (non-hydrogen) atoms. The summed E-state index contributed by atoms with van der Waals surface area (Å²) >= 11 is 0. The maximum absolute atomic E-state index is 6.25. The summed E-state index contributed by atoms with van der Waals surface area (Å²) in [7, 11) is 0. The summed E-state index contributed by atoms with van der Waals surface area (Å²) in [5.74, 6) is 0. The Kier molecular flexibility index (Phi) is 4.25. The van der Waals surface area contributed by atoms with Gasteiger partial charge in [0.1, 0.15) is 0 Å². The molecule has 2 unspecified atom stereocenters. The maximum atomic E-state index is 6.25. The van der Waals surface area contributed by atoms with Crippen LogP contribution in [0.25, 0.3) is 0 Å². The number of nitrogens with one attached hydrogen (secondary N) is 1. The molecule has 2 aliphatic carbocycles. The smallest absolute Gasteiger partial charge is 0.0697 e. The van der Waals surface area contributed by atoms with Crippen molar-refractivity contribution in [3.8, 4) is 0 Å². The molecule has 4 rings (SSSR count). The van der Waals surface area contributed by atoms with Crippen molar-refractivity contribution in [2.45, 2.75) is 94.4 Å². The van der Waals surface area contributed by atoms with Crippen LogP contribution in [0.1, 0.15) is 70.6 Å². The summed E-state index contributed by atoms with van der Waals surface area (Å²) < 4.78 is 6.25. The minimum Gasteiger partial charge on any atom is -0.375 e. The molecule has 3 heteroatoms. The molecule has 2 heterocycles. The summed E-state index contributed by atoms with van der Waals surface area (Å²) in [4.78, 5) is 2.89. The Morgan fingerprint density at radius 3 is 2.52 bits per heavy atom. The zero-order valence-electron chi connectivity index (χ0n) is 13.5. The van der Waals surface area contributed by atoms with Gasteiger partial charge in [0.15, 0.2) is 0 Å². The zero-order valence-corrected chi connectivity index (χ0v) is 13.5. The van der Waals surface area contributed by atoms with Crippen LogP contribution in [-0.4, -0.2) is 48.3 Å². The Morgan fingerprint density at radius 2 is 1.81 bits per heavy atom. The van der Waals surface area contributed by atoms with E-state index in [9.17, 15) is 0 Å². The maximum Gasteiger partial charge on any atom is 0.0697 e. The lowest BCUT2D eigenvalue weighted by Gasteiger charge is -2.44. The summed E-state index contributed by atoms with van der Waals surface area (Å²) in [6.45, 7) is 3.54. The van der Waals surface area contributed by atoms with Gasteiger partial charge in [-0.15, -0.1) is 0 Å². The van der Waals surface area contributed by atoms with E-state index in [0.717, 1.165) is 24.7 Å². The minimum atomic E-state index is 0.274. The molecular formula is C18H32N2O. The van der Waals surface area contributed by atoms with E-state index >= 15 is 0 Å². The average molecular weight is 292 g/mol. The highest BCUT2D eigenvalue weighted by Crippen LogP contribution is 2.43. The standard InChI is InChI=1S/C18H32N2O/c1-4-11-19-15(5-1)14-20(16-6-7-16)17-8-12-21-18(13-17)9-2-3-10-18/h15-17,19H,1-14H2. The Bertz CT molecular complexity index is 343. The van der Waals surface area contributed by atoms with Crippen LogP contribution in [0.15, 0.2) is 0 Å². The van der Waals surface area contributed by atoms with Crippen LogP contribution in [0.3, 0.4) is 0 Å². The Hall–Kier alpha value is -0.120. The number of nitrogens with zero attached hydrogens (tertiary/aromatic N) is 1. The van der Waals surface area contributed by atoms with Gasteiger partial charge in [-0.2, -0.15) is 0 Å². The van der Waals surface area contributed by atoms with E-state index in [1.165, 1.54) is 83.7 Å². The molecule has 0 amide bonds. The second-order valence-electron chi connectivity index (χ2n) is 7.96. The van der Waals surface area contributed by atoms with E-state index in [-0.39, 0.29) is 5.60 Å². The molecule has 2 saturated carbocycles. The summed E-state index contributed by atoms with van der Waals surface area (Å²) in [6.07, 6.45) is 15.1. The number of rotatable bonds is 4. The number of ether oxygens (including phenoxy) is 1. The first-order valence-corrected chi connectivity index (χ1v) is 9.48. The van der Waals surface area contributed by atoms with Crippen LogP contribution in [0.4, 0.5) is 0 Å². The van der Waals surface area contributed by atoms with Gasteiger partial charge in [-0.25, -0.2) is 0 Å². The summed E-state index contributed by atoms with van der Waals surface area (Å²) in [5.41, 5.74) is 0.274.